The van der Waals surface area contributed by atoms with E-state index in [1.807, 2.05) is 56.7 Å². The van der Waals surface area contributed by atoms with Crippen LogP contribution in [0.15, 0.2) is 75.2 Å². The molecule has 0 aliphatic heterocycles. The highest BCUT2D eigenvalue weighted by molar-refractivity contribution is 9.11. The predicted molar refractivity (Wildman–Crippen MR) is 128 cm³/mol. The van der Waals surface area contributed by atoms with Crippen molar-refractivity contribution >= 4 is 72.6 Å². The lowest BCUT2D eigenvalue weighted by Crippen LogP contribution is -1.95. The van der Waals surface area contributed by atoms with Gasteiger partial charge in [0.15, 0.2) is 0 Å². The standard InChI is InChI=1S/C21H13BrS5/c22-20-10-9-19(27-20)21(17-7-5-15(25-17)13-3-1-11-23-13)18-8-6-16(26-18)14-4-2-12-24-14/h1-12,21H. The van der Waals surface area contributed by atoms with Gasteiger partial charge in [-0.3, -0.25) is 0 Å². The van der Waals surface area contributed by atoms with Crippen LogP contribution in [-0.2, 0) is 0 Å². The highest BCUT2D eigenvalue weighted by Crippen LogP contribution is 2.46. The van der Waals surface area contributed by atoms with Crippen LogP contribution in [0.5, 0.6) is 0 Å². The summed E-state index contributed by atoms with van der Waals surface area (Å²) < 4.78 is 1.19. The van der Waals surface area contributed by atoms with Gasteiger partial charge in [-0.2, -0.15) is 0 Å². The zero-order chi connectivity index (χ0) is 18.2. The number of halogens is 1. The Morgan fingerprint density at radius 3 is 1.52 bits per heavy atom. The first-order valence-corrected chi connectivity index (χ1v) is 13.3. The third-order valence-corrected chi connectivity index (χ3v) is 10.3. The Morgan fingerprint density at radius 1 is 0.556 bits per heavy atom. The Bertz CT molecular complexity index is 1070. The average molecular weight is 506 g/mol. The lowest BCUT2D eigenvalue weighted by Gasteiger charge is -2.12. The normalized spacial score (nSPS) is 11.5. The van der Waals surface area contributed by atoms with Crippen molar-refractivity contribution < 1.29 is 0 Å². The summed E-state index contributed by atoms with van der Waals surface area (Å²) in [5, 5.41) is 4.30. The summed E-state index contributed by atoms with van der Waals surface area (Å²) in [6, 6.07) is 22.2. The van der Waals surface area contributed by atoms with E-state index >= 15 is 0 Å². The summed E-state index contributed by atoms with van der Waals surface area (Å²) in [5.41, 5.74) is 0. The molecule has 0 fully saturated rings. The van der Waals surface area contributed by atoms with Gasteiger partial charge in [-0.15, -0.1) is 56.7 Å². The van der Waals surface area contributed by atoms with Gasteiger partial charge in [0.05, 0.1) is 9.70 Å². The number of hydrogen-bond donors (Lipinski definition) is 0. The molecule has 5 rings (SSSR count). The van der Waals surface area contributed by atoms with Crippen LogP contribution in [0.3, 0.4) is 0 Å². The number of hydrogen-bond acceptors (Lipinski definition) is 5. The summed E-state index contributed by atoms with van der Waals surface area (Å²) in [6.07, 6.45) is 0. The second-order valence-electron chi connectivity index (χ2n) is 5.93. The first-order chi connectivity index (χ1) is 13.3. The van der Waals surface area contributed by atoms with Crippen molar-refractivity contribution in [3.63, 3.8) is 0 Å². The molecule has 0 saturated heterocycles. The second kappa shape index (κ2) is 7.78. The summed E-state index contributed by atoms with van der Waals surface area (Å²) in [6.45, 7) is 0. The van der Waals surface area contributed by atoms with E-state index in [1.54, 1.807) is 0 Å². The predicted octanol–water partition coefficient (Wildman–Crippen LogP) is 9.27. The maximum absolute atomic E-state index is 3.65. The van der Waals surface area contributed by atoms with Crippen molar-refractivity contribution in [1.29, 1.82) is 0 Å². The van der Waals surface area contributed by atoms with E-state index in [0.717, 1.165) is 0 Å². The third-order valence-electron chi connectivity index (χ3n) is 4.23. The van der Waals surface area contributed by atoms with Crippen molar-refractivity contribution in [3.05, 3.63) is 89.8 Å². The molecule has 0 bridgehead atoms. The van der Waals surface area contributed by atoms with E-state index in [9.17, 15) is 0 Å². The van der Waals surface area contributed by atoms with Gasteiger partial charge in [-0.1, -0.05) is 12.1 Å². The van der Waals surface area contributed by atoms with Crippen molar-refractivity contribution in [2.24, 2.45) is 0 Å². The highest BCUT2D eigenvalue weighted by Gasteiger charge is 2.23. The summed E-state index contributed by atoms with van der Waals surface area (Å²) >= 11 is 12.9. The molecule has 0 unspecified atom stereocenters. The van der Waals surface area contributed by atoms with Gasteiger partial charge in [-0.25, -0.2) is 0 Å². The van der Waals surface area contributed by atoms with E-state index in [2.05, 4.69) is 87.4 Å². The van der Waals surface area contributed by atoms with E-state index in [0.29, 0.717) is 5.92 Å². The molecule has 0 aliphatic rings. The quantitative estimate of drug-likeness (QED) is 0.223. The van der Waals surface area contributed by atoms with E-state index < -0.39 is 0 Å². The average Bonchev–Trinajstić information content (AvgIpc) is 3.46. The fourth-order valence-electron chi connectivity index (χ4n) is 3.02. The molecule has 0 amide bonds. The second-order valence-corrected chi connectivity index (χ2v) is 12.6. The Kier molecular flexibility index (Phi) is 5.19. The van der Waals surface area contributed by atoms with Gasteiger partial charge in [0.2, 0.25) is 0 Å². The van der Waals surface area contributed by atoms with Crippen LogP contribution >= 0.6 is 72.6 Å². The number of rotatable bonds is 5. The van der Waals surface area contributed by atoms with Crippen LogP contribution in [0.25, 0.3) is 19.5 Å². The van der Waals surface area contributed by atoms with Gasteiger partial charge in [0.25, 0.3) is 0 Å². The SMILES string of the molecule is Brc1ccc(C(c2ccc(-c3cccs3)s2)c2ccc(-c3cccs3)s2)s1. The third kappa shape index (κ3) is 3.67. The number of thiophene rings is 5. The molecule has 0 atom stereocenters. The van der Waals surface area contributed by atoms with Crippen LogP contribution in [-0.4, -0.2) is 0 Å². The van der Waals surface area contributed by atoms with E-state index in [4.69, 9.17) is 0 Å². The van der Waals surface area contributed by atoms with Crippen molar-refractivity contribution in [1.82, 2.24) is 0 Å². The van der Waals surface area contributed by atoms with E-state index in [-0.39, 0.29) is 0 Å². The molecule has 6 heteroatoms. The Morgan fingerprint density at radius 2 is 1.07 bits per heavy atom. The molecule has 0 aromatic carbocycles. The zero-order valence-corrected chi connectivity index (χ0v) is 19.6. The fraction of sp³-hybridized carbons (Fsp3) is 0.0476. The van der Waals surface area contributed by atoms with Crippen molar-refractivity contribution in [3.8, 4) is 19.5 Å². The molecule has 0 saturated carbocycles. The van der Waals surface area contributed by atoms with Crippen LogP contribution < -0.4 is 0 Å². The van der Waals surface area contributed by atoms with Gasteiger partial charge >= 0.3 is 0 Å². The minimum atomic E-state index is 0.304. The smallest absolute Gasteiger partial charge is 0.0701 e. The van der Waals surface area contributed by atoms with Crippen molar-refractivity contribution in [2.45, 2.75) is 5.92 Å². The largest absolute Gasteiger partial charge is 0.143 e. The molecule has 5 aromatic heterocycles. The minimum absolute atomic E-state index is 0.304. The molecule has 0 nitrogen and oxygen atoms in total. The summed E-state index contributed by atoms with van der Waals surface area (Å²) in [4.78, 5) is 9.62. The molecule has 0 radical (unpaired) electrons. The Balaban J connectivity index is 1.58. The minimum Gasteiger partial charge on any atom is -0.143 e. The van der Waals surface area contributed by atoms with Crippen LogP contribution in [0.1, 0.15) is 20.5 Å². The maximum atomic E-state index is 3.65. The Labute approximate surface area is 186 Å². The first-order valence-electron chi connectivity index (χ1n) is 8.30. The molecular formula is C21H13BrS5. The van der Waals surface area contributed by atoms with Crippen LogP contribution in [0.4, 0.5) is 0 Å². The Hall–Kier alpha value is -1.02. The molecule has 5 aromatic rings. The van der Waals surface area contributed by atoms with Crippen molar-refractivity contribution in [2.75, 3.05) is 0 Å². The van der Waals surface area contributed by atoms with Gasteiger partial charge in [0.1, 0.15) is 0 Å². The van der Waals surface area contributed by atoms with Gasteiger partial charge in [-0.05, 0) is 75.2 Å². The molecule has 134 valence electrons. The lowest BCUT2D eigenvalue weighted by atomic mass is 10.0. The fourth-order valence-corrected chi connectivity index (χ4v) is 8.77. The van der Waals surface area contributed by atoms with Gasteiger partial charge in [0, 0.05) is 34.1 Å². The monoisotopic (exact) mass is 504 g/mol. The van der Waals surface area contributed by atoms with Crippen LogP contribution in [0.2, 0.25) is 0 Å². The molecule has 5 heterocycles. The first kappa shape index (κ1) is 18.0. The summed E-state index contributed by atoms with van der Waals surface area (Å²) in [7, 11) is 0. The maximum Gasteiger partial charge on any atom is 0.0701 e. The molecule has 0 aliphatic carbocycles. The van der Waals surface area contributed by atoms with Crippen LogP contribution in [0, 0.1) is 0 Å². The van der Waals surface area contributed by atoms with Gasteiger partial charge < -0.3 is 0 Å². The molecular weight excluding hydrogens is 492 g/mol. The highest BCUT2D eigenvalue weighted by atomic mass is 79.9. The van der Waals surface area contributed by atoms with E-state index in [1.165, 1.54) is 37.9 Å². The zero-order valence-electron chi connectivity index (χ0n) is 13.9. The molecule has 27 heavy (non-hydrogen) atoms. The topological polar surface area (TPSA) is 0 Å². The summed E-state index contributed by atoms with van der Waals surface area (Å²) in [5.74, 6) is 0.304. The molecule has 0 spiro atoms. The molecule has 0 N–H and O–H groups in total. The lowest BCUT2D eigenvalue weighted by molar-refractivity contribution is 1.07.